The monoisotopic (exact) mass is 506 g/mol. The molecule has 2 amide bonds. The van der Waals surface area contributed by atoms with Gasteiger partial charge < -0.3 is 10.6 Å². The Hall–Kier alpha value is -3.13. The summed E-state index contributed by atoms with van der Waals surface area (Å²) in [6, 6.07) is 19.9. The smallest absolute Gasteiger partial charge is 0.277 e. The van der Waals surface area contributed by atoms with Crippen molar-refractivity contribution in [3.05, 3.63) is 94.0 Å². The van der Waals surface area contributed by atoms with Gasteiger partial charge in [0.25, 0.3) is 5.91 Å². The molecule has 0 fully saturated rings. The Morgan fingerprint density at radius 1 is 1.11 bits per heavy atom. The highest BCUT2D eigenvalue weighted by atomic mass is 35.5. The first-order valence-corrected chi connectivity index (χ1v) is 12.2. The average molecular weight is 507 g/mol. The molecule has 2 atom stereocenters. The van der Waals surface area contributed by atoms with Gasteiger partial charge in [0.2, 0.25) is 12.1 Å². The maximum Gasteiger partial charge on any atom is 0.277 e. The molecule has 0 spiro atoms. The number of carbonyl (C=O) groups is 2. The van der Waals surface area contributed by atoms with Gasteiger partial charge in [-0.1, -0.05) is 60.1 Å². The van der Waals surface area contributed by atoms with E-state index in [1.165, 1.54) is 4.90 Å². The van der Waals surface area contributed by atoms with Crippen LogP contribution in [-0.4, -0.2) is 47.4 Å². The number of aliphatic imine (C=N–C) groups is 1. The van der Waals surface area contributed by atoms with E-state index in [1.54, 1.807) is 24.1 Å². The molecule has 6 nitrogen and oxygen atoms in total. The standard InChI is InChI=1S/C27H27ClN4O2S/c1-16-8-7-9-17(2)24(16)32-22-13-12-19(28)14-20(22)23(18-10-5-4-6-11-18)30-25(27(32)34)31(3)26(33)21(29)15-35/h4-14,21,25,35H,15,29H2,1-3H3. The van der Waals surface area contributed by atoms with Crippen molar-refractivity contribution in [2.45, 2.75) is 26.1 Å². The van der Waals surface area contributed by atoms with Crippen LogP contribution in [0.3, 0.4) is 0 Å². The molecular weight excluding hydrogens is 480 g/mol. The number of benzene rings is 3. The molecule has 0 radical (unpaired) electrons. The van der Waals surface area contributed by atoms with Crippen molar-refractivity contribution < 1.29 is 9.59 Å². The first-order valence-electron chi connectivity index (χ1n) is 11.2. The second-order valence-corrected chi connectivity index (χ2v) is 9.33. The van der Waals surface area contributed by atoms with Crippen LogP contribution >= 0.6 is 24.2 Å². The first kappa shape index (κ1) is 25.0. The van der Waals surface area contributed by atoms with Gasteiger partial charge >= 0.3 is 0 Å². The molecule has 0 bridgehead atoms. The molecular formula is C27H27ClN4O2S. The molecule has 180 valence electrons. The quantitative estimate of drug-likeness (QED) is 0.499. The van der Waals surface area contributed by atoms with Crippen LogP contribution in [0.5, 0.6) is 0 Å². The number of benzodiazepines with no additional fused rings is 1. The van der Waals surface area contributed by atoms with Crippen molar-refractivity contribution in [2.75, 3.05) is 17.7 Å². The summed E-state index contributed by atoms with van der Waals surface area (Å²) in [6.07, 6.45) is -1.14. The fraction of sp³-hybridized carbons (Fsp3) is 0.222. The third-order valence-corrected chi connectivity index (χ3v) is 6.71. The van der Waals surface area contributed by atoms with Crippen molar-refractivity contribution in [2.24, 2.45) is 10.7 Å². The number of para-hydroxylation sites is 1. The predicted octanol–water partition coefficient (Wildman–Crippen LogP) is 4.51. The number of hydrogen-bond donors (Lipinski definition) is 2. The number of amides is 2. The minimum atomic E-state index is -1.14. The number of likely N-dealkylation sites (N-methyl/N-ethyl adjacent to an activating group) is 1. The lowest BCUT2D eigenvalue weighted by Crippen LogP contribution is -2.52. The lowest BCUT2D eigenvalue weighted by Gasteiger charge is -2.32. The van der Waals surface area contributed by atoms with Crippen LogP contribution in [0.2, 0.25) is 5.02 Å². The Kier molecular flexibility index (Phi) is 7.31. The number of aryl methyl sites for hydroxylation is 2. The maximum absolute atomic E-state index is 14.3. The highest BCUT2D eigenvalue weighted by Crippen LogP contribution is 2.39. The highest BCUT2D eigenvalue weighted by Gasteiger charge is 2.38. The molecule has 0 aromatic heterocycles. The van der Waals surface area contributed by atoms with Gasteiger partial charge in [0.05, 0.1) is 23.1 Å². The van der Waals surface area contributed by atoms with Crippen LogP contribution in [0.4, 0.5) is 11.4 Å². The molecule has 2 N–H and O–H groups in total. The highest BCUT2D eigenvalue weighted by molar-refractivity contribution is 7.80. The van der Waals surface area contributed by atoms with E-state index < -0.39 is 18.1 Å². The van der Waals surface area contributed by atoms with E-state index in [1.807, 2.05) is 68.4 Å². The normalized spacial score (nSPS) is 16.3. The van der Waals surface area contributed by atoms with Crippen molar-refractivity contribution in [3.8, 4) is 0 Å². The fourth-order valence-electron chi connectivity index (χ4n) is 4.30. The van der Waals surface area contributed by atoms with Crippen molar-refractivity contribution in [1.29, 1.82) is 0 Å². The Labute approximate surface area is 215 Å². The average Bonchev–Trinajstić information content (AvgIpc) is 2.97. The van der Waals surface area contributed by atoms with E-state index in [-0.39, 0.29) is 11.7 Å². The number of rotatable bonds is 5. The Morgan fingerprint density at radius 2 is 1.77 bits per heavy atom. The first-order chi connectivity index (χ1) is 16.7. The van der Waals surface area contributed by atoms with Crippen LogP contribution < -0.4 is 10.6 Å². The van der Waals surface area contributed by atoms with Gasteiger partial charge in [-0.3, -0.25) is 14.5 Å². The number of nitrogens with zero attached hydrogens (tertiary/aromatic N) is 3. The number of carbonyl (C=O) groups excluding carboxylic acids is 2. The van der Waals surface area contributed by atoms with Gasteiger partial charge in [-0.05, 0) is 43.2 Å². The summed E-state index contributed by atoms with van der Waals surface area (Å²) in [5.74, 6) is -0.630. The molecule has 0 aliphatic carbocycles. The maximum atomic E-state index is 14.3. The number of hydrogen-bond acceptors (Lipinski definition) is 5. The zero-order valence-corrected chi connectivity index (χ0v) is 21.4. The third kappa shape index (κ3) is 4.72. The third-order valence-electron chi connectivity index (χ3n) is 6.09. The molecule has 4 rings (SSSR count). The van der Waals surface area contributed by atoms with Gasteiger partial charge in [-0.25, -0.2) is 4.99 Å². The molecule has 3 aromatic carbocycles. The van der Waals surface area contributed by atoms with Crippen molar-refractivity contribution in [3.63, 3.8) is 0 Å². The van der Waals surface area contributed by atoms with Crippen LogP contribution in [0.15, 0.2) is 71.7 Å². The SMILES string of the molecule is Cc1cccc(C)c1N1C(=O)C(N(C)C(=O)C(N)CS)N=C(c2ccccc2)c2cc(Cl)ccc21. The predicted molar refractivity (Wildman–Crippen MR) is 145 cm³/mol. The molecule has 0 saturated heterocycles. The van der Waals surface area contributed by atoms with E-state index in [4.69, 9.17) is 22.3 Å². The lowest BCUT2D eigenvalue weighted by atomic mass is 9.99. The summed E-state index contributed by atoms with van der Waals surface area (Å²) in [4.78, 5) is 35.2. The zero-order chi connectivity index (χ0) is 25.3. The molecule has 0 saturated carbocycles. The minimum Gasteiger partial charge on any atom is -0.319 e. The number of thiol groups is 1. The number of anilines is 2. The largest absolute Gasteiger partial charge is 0.319 e. The Bertz CT molecular complexity index is 1290. The van der Waals surface area contributed by atoms with Gasteiger partial charge in [0.1, 0.15) is 0 Å². The second kappa shape index (κ2) is 10.2. The summed E-state index contributed by atoms with van der Waals surface area (Å²) in [6.45, 7) is 3.91. The van der Waals surface area contributed by atoms with E-state index >= 15 is 0 Å². The van der Waals surface area contributed by atoms with Crippen LogP contribution in [0, 0.1) is 13.8 Å². The van der Waals surface area contributed by atoms with Crippen LogP contribution in [0.25, 0.3) is 0 Å². The molecule has 2 unspecified atom stereocenters. The topological polar surface area (TPSA) is 79.0 Å². The molecule has 1 aliphatic heterocycles. The van der Waals surface area contributed by atoms with E-state index in [2.05, 4.69) is 12.6 Å². The number of halogens is 1. The summed E-state index contributed by atoms with van der Waals surface area (Å²) in [5.41, 5.74) is 11.3. The van der Waals surface area contributed by atoms with Crippen molar-refractivity contribution >= 4 is 53.1 Å². The summed E-state index contributed by atoms with van der Waals surface area (Å²) < 4.78 is 0. The van der Waals surface area contributed by atoms with E-state index in [0.29, 0.717) is 22.0 Å². The van der Waals surface area contributed by atoms with Gasteiger partial charge in [0, 0.05) is 29.0 Å². The van der Waals surface area contributed by atoms with E-state index in [9.17, 15) is 9.59 Å². The Morgan fingerprint density at radius 3 is 2.40 bits per heavy atom. The summed E-state index contributed by atoms with van der Waals surface area (Å²) in [7, 11) is 1.55. The lowest BCUT2D eigenvalue weighted by molar-refractivity contribution is -0.137. The van der Waals surface area contributed by atoms with E-state index in [0.717, 1.165) is 22.4 Å². The molecule has 3 aromatic rings. The molecule has 1 heterocycles. The van der Waals surface area contributed by atoms with Crippen LogP contribution in [0.1, 0.15) is 22.3 Å². The molecule has 8 heteroatoms. The van der Waals surface area contributed by atoms with Gasteiger partial charge in [0.15, 0.2) is 0 Å². The molecule has 35 heavy (non-hydrogen) atoms. The van der Waals surface area contributed by atoms with Gasteiger partial charge in [-0.2, -0.15) is 12.6 Å². The van der Waals surface area contributed by atoms with Crippen molar-refractivity contribution in [1.82, 2.24) is 4.90 Å². The fourth-order valence-corrected chi connectivity index (χ4v) is 4.63. The molecule has 1 aliphatic rings. The zero-order valence-electron chi connectivity index (χ0n) is 19.8. The summed E-state index contributed by atoms with van der Waals surface area (Å²) in [5, 5.41) is 0.515. The number of fused-ring (bicyclic) bond motifs is 1. The van der Waals surface area contributed by atoms with Gasteiger partial charge in [-0.15, -0.1) is 0 Å². The second-order valence-electron chi connectivity index (χ2n) is 8.53. The van der Waals surface area contributed by atoms with Crippen LogP contribution in [-0.2, 0) is 9.59 Å². The number of nitrogens with two attached hydrogens (primary N) is 1. The Balaban J connectivity index is 2.03. The minimum absolute atomic E-state index is 0.149. The summed E-state index contributed by atoms with van der Waals surface area (Å²) >= 11 is 10.6.